The Hall–Kier alpha value is -2.40. The molecule has 2 aromatic carbocycles. The summed E-state index contributed by atoms with van der Waals surface area (Å²) in [6.45, 7) is 1.58. The number of Topliss-reactive ketones (excluding diaryl/α,β-unsaturated/α-hetero) is 1. The molecule has 2 aromatic rings. The van der Waals surface area contributed by atoms with E-state index in [9.17, 15) is 29.3 Å². The van der Waals surface area contributed by atoms with Gasteiger partial charge in [0.15, 0.2) is 10.1 Å². The Kier molecular flexibility index (Phi) is 7.41. The van der Waals surface area contributed by atoms with Crippen LogP contribution in [0.5, 0.6) is 0 Å². The molecular weight excluding hydrogens is 663 g/mol. The first-order valence-electron chi connectivity index (χ1n) is 12.0. The zero-order valence-corrected chi connectivity index (χ0v) is 25.2. The quantitative estimate of drug-likeness (QED) is 0.115. The summed E-state index contributed by atoms with van der Waals surface area (Å²) in [5.74, 6) is -6.69. The molecule has 5 atom stereocenters. The molecule has 15 heteroatoms. The van der Waals surface area contributed by atoms with Gasteiger partial charge in [0.2, 0.25) is 0 Å². The number of nitro groups is 1. The average Bonchev–Trinajstić information content (AvgIpc) is 3.34. The van der Waals surface area contributed by atoms with Crippen molar-refractivity contribution in [3.8, 4) is 0 Å². The number of non-ortho nitro benzene ring substituents is 1. The summed E-state index contributed by atoms with van der Waals surface area (Å²) in [5.41, 5.74) is -0.241. The summed E-state index contributed by atoms with van der Waals surface area (Å²) in [6, 6.07) is 11.0. The normalized spacial score (nSPS) is 28.6. The number of carbonyl (C=O) groups excluding carboxylic acids is 4. The number of nitro benzene ring substituents is 1. The highest BCUT2D eigenvalue weighted by Crippen LogP contribution is 2.77. The maximum atomic E-state index is 14.1. The molecule has 1 saturated carbocycles. The van der Waals surface area contributed by atoms with E-state index in [4.69, 9.17) is 69.6 Å². The van der Waals surface area contributed by atoms with Crippen molar-refractivity contribution >= 4 is 98.8 Å². The number of hydrogen-bond donors (Lipinski definition) is 0. The van der Waals surface area contributed by atoms with Gasteiger partial charge < -0.3 is 0 Å². The third kappa shape index (κ3) is 3.83. The van der Waals surface area contributed by atoms with Crippen LogP contribution in [0.15, 0.2) is 64.7 Å². The smallest absolute Gasteiger partial charge is 0.273 e. The van der Waals surface area contributed by atoms with E-state index in [1.165, 1.54) is 12.1 Å². The SMILES string of the molecule is CC[C@H](C(=O)c1ccccc1)N(C(=O)c1ccc([N+](=O)[O-])cc1)N1C(=O)[C@@H]2[C@@H](C1=O)[C@@]1(Cl)C(Cl)=C(Cl)[C@@]2(Cl)C1(Cl)Cl. The van der Waals surface area contributed by atoms with Crippen molar-refractivity contribution in [2.75, 3.05) is 0 Å². The molecule has 1 heterocycles. The van der Waals surface area contributed by atoms with E-state index in [0.717, 1.165) is 29.3 Å². The van der Waals surface area contributed by atoms with E-state index >= 15 is 0 Å². The Balaban J connectivity index is 1.66. The number of carbonyl (C=O) groups is 4. The van der Waals surface area contributed by atoms with Gasteiger partial charge in [0, 0.05) is 23.3 Å². The van der Waals surface area contributed by atoms with E-state index in [-0.39, 0.29) is 33.3 Å². The van der Waals surface area contributed by atoms with Crippen LogP contribution in [0.3, 0.4) is 0 Å². The molecule has 0 N–H and O–H groups in total. The van der Waals surface area contributed by atoms with Gasteiger partial charge in [-0.2, -0.15) is 5.01 Å². The Morgan fingerprint density at radius 2 is 1.39 bits per heavy atom. The van der Waals surface area contributed by atoms with E-state index in [0.29, 0.717) is 5.01 Å². The number of allylic oxidation sites excluding steroid dienone is 2. The maximum absolute atomic E-state index is 14.1. The fraction of sp³-hybridized carbons (Fsp3) is 0.308. The average molecular weight is 680 g/mol. The molecule has 0 radical (unpaired) electrons. The van der Waals surface area contributed by atoms with Crippen LogP contribution in [-0.2, 0) is 9.59 Å². The summed E-state index contributed by atoms with van der Waals surface area (Å²) in [6.07, 6.45) is -0.0361. The van der Waals surface area contributed by atoms with E-state index < -0.39 is 60.4 Å². The first kappa shape index (κ1) is 30.1. The molecule has 1 aliphatic heterocycles. The van der Waals surface area contributed by atoms with Crippen LogP contribution in [0.2, 0.25) is 0 Å². The predicted molar refractivity (Wildman–Crippen MR) is 153 cm³/mol. The largest absolute Gasteiger partial charge is 0.292 e. The number of ketones is 1. The van der Waals surface area contributed by atoms with Crippen molar-refractivity contribution in [2.45, 2.75) is 33.5 Å². The molecule has 0 unspecified atom stereocenters. The molecule has 0 spiro atoms. The number of imide groups is 1. The number of nitrogens with zero attached hydrogens (tertiary/aromatic N) is 3. The van der Waals surface area contributed by atoms with Gasteiger partial charge in [-0.15, -0.1) is 23.2 Å². The number of halogens is 6. The summed E-state index contributed by atoms with van der Waals surface area (Å²) in [7, 11) is 0. The summed E-state index contributed by atoms with van der Waals surface area (Å²) >= 11 is 39.5. The van der Waals surface area contributed by atoms with Crippen molar-refractivity contribution < 1.29 is 24.1 Å². The highest BCUT2D eigenvalue weighted by molar-refractivity contribution is 6.66. The Labute approximate surface area is 262 Å². The van der Waals surface area contributed by atoms with Gasteiger partial charge >= 0.3 is 0 Å². The number of alkyl halides is 4. The maximum Gasteiger partial charge on any atom is 0.273 e. The second-order valence-corrected chi connectivity index (χ2v) is 13.0. The van der Waals surface area contributed by atoms with Crippen LogP contribution >= 0.6 is 69.6 Å². The molecule has 0 aromatic heterocycles. The lowest BCUT2D eigenvalue weighted by Gasteiger charge is -2.39. The monoisotopic (exact) mass is 677 g/mol. The molecule has 2 bridgehead atoms. The number of hydrogen-bond acceptors (Lipinski definition) is 6. The van der Waals surface area contributed by atoms with Gasteiger partial charge in [-0.3, -0.25) is 29.3 Å². The molecule has 2 fully saturated rings. The van der Waals surface area contributed by atoms with Crippen LogP contribution in [0.4, 0.5) is 5.69 Å². The number of amides is 3. The molecular formula is C26H17Cl6N3O6. The predicted octanol–water partition coefficient (Wildman–Crippen LogP) is 6.06. The molecule has 41 heavy (non-hydrogen) atoms. The second kappa shape index (κ2) is 10.1. The van der Waals surface area contributed by atoms with Gasteiger partial charge in [0.1, 0.15) is 15.8 Å². The van der Waals surface area contributed by atoms with Gasteiger partial charge in [0.25, 0.3) is 23.4 Å². The molecule has 3 amide bonds. The molecule has 9 nitrogen and oxygen atoms in total. The first-order valence-corrected chi connectivity index (χ1v) is 14.3. The first-order chi connectivity index (χ1) is 19.2. The lowest BCUT2D eigenvalue weighted by atomic mass is 9.84. The minimum Gasteiger partial charge on any atom is -0.292 e. The van der Waals surface area contributed by atoms with Crippen LogP contribution < -0.4 is 0 Å². The molecule has 2 aliphatic carbocycles. The van der Waals surface area contributed by atoms with Crippen LogP contribution in [-0.4, -0.2) is 58.6 Å². The fourth-order valence-electron chi connectivity index (χ4n) is 5.69. The highest BCUT2D eigenvalue weighted by Gasteiger charge is 2.88. The van der Waals surface area contributed by atoms with E-state index in [2.05, 4.69) is 0 Å². The Morgan fingerprint density at radius 1 is 0.902 bits per heavy atom. The lowest BCUT2D eigenvalue weighted by Crippen LogP contribution is -2.60. The fourth-order valence-corrected chi connectivity index (χ4v) is 8.62. The zero-order valence-electron chi connectivity index (χ0n) is 20.7. The summed E-state index contributed by atoms with van der Waals surface area (Å²) in [5, 5.41) is 11.8. The lowest BCUT2D eigenvalue weighted by molar-refractivity contribution is -0.384. The number of fused-ring (bicyclic) bond motifs is 5. The second-order valence-electron chi connectivity index (χ2n) is 9.68. The number of benzene rings is 2. The minimum absolute atomic E-state index is 0.0361. The van der Waals surface area contributed by atoms with Gasteiger partial charge in [-0.05, 0) is 18.6 Å². The highest BCUT2D eigenvalue weighted by atomic mass is 35.5. The van der Waals surface area contributed by atoms with Crippen molar-refractivity contribution in [2.24, 2.45) is 11.8 Å². The van der Waals surface area contributed by atoms with Gasteiger partial charge in [0.05, 0.1) is 26.8 Å². The molecule has 3 aliphatic rings. The van der Waals surface area contributed by atoms with Crippen molar-refractivity contribution in [3.63, 3.8) is 0 Å². The summed E-state index contributed by atoms with van der Waals surface area (Å²) in [4.78, 5) is 62.2. The summed E-state index contributed by atoms with van der Waals surface area (Å²) < 4.78 is -2.19. The van der Waals surface area contributed by atoms with Crippen molar-refractivity contribution in [1.82, 2.24) is 10.0 Å². The van der Waals surface area contributed by atoms with Crippen molar-refractivity contribution in [1.29, 1.82) is 0 Å². The molecule has 1 saturated heterocycles. The Morgan fingerprint density at radius 3 is 1.83 bits per heavy atom. The third-order valence-corrected chi connectivity index (χ3v) is 11.9. The molecule has 5 rings (SSSR count). The zero-order chi connectivity index (χ0) is 30.2. The van der Waals surface area contributed by atoms with Gasteiger partial charge in [-0.1, -0.05) is 83.7 Å². The minimum atomic E-state index is -2.19. The number of hydrazine groups is 1. The van der Waals surface area contributed by atoms with Gasteiger partial charge in [-0.25, -0.2) is 5.01 Å². The van der Waals surface area contributed by atoms with E-state index in [1.54, 1.807) is 25.1 Å². The third-order valence-electron chi connectivity index (χ3n) is 7.68. The topological polar surface area (TPSA) is 118 Å². The van der Waals surface area contributed by atoms with Crippen molar-refractivity contribution in [3.05, 3.63) is 85.9 Å². The van der Waals surface area contributed by atoms with Crippen LogP contribution in [0.1, 0.15) is 34.1 Å². The van der Waals surface area contributed by atoms with E-state index in [1.807, 2.05) is 0 Å². The number of rotatable bonds is 7. The van der Waals surface area contributed by atoms with Crippen LogP contribution in [0, 0.1) is 22.0 Å². The Bertz CT molecular complexity index is 1500. The standard InChI is InChI=1S/C26H17Cl6N3O6/c1-2-15(18(36)12-6-4-3-5-7-12)33(21(37)13-8-10-14(11-9-13)35(40)41)34-22(38)16-17(23(34)39)25(30)20(28)19(27)24(16,29)26(25,31)32/h3-11,15-17H,2H2,1H3/t15-,16+,17+,24-,25-/m1/s1. The van der Waals surface area contributed by atoms with Crippen LogP contribution in [0.25, 0.3) is 0 Å². The molecule has 214 valence electrons.